The van der Waals surface area contributed by atoms with Gasteiger partial charge in [0.1, 0.15) is 5.82 Å². The summed E-state index contributed by atoms with van der Waals surface area (Å²) in [6, 6.07) is 9.99. The largest absolute Gasteiger partial charge is 0.322 e. The van der Waals surface area contributed by atoms with Gasteiger partial charge in [-0.1, -0.05) is 12.1 Å². The third kappa shape index (κ3) is 2.04. The lowest BCUT2D eigenvalue weighted by Crippen LogP contribution is -2.16. The Kier molecular flexibility index (Phi) is 3.03. The van der Waals surface area contributed by atoms with E-state index in [2.05, 4.69) is 12.2 Å². The molecule has 2 atom stereocenters. The molecule has 2 aliphatic carbocycles. The van der Waals surface area contributed by atoms with E-state index in [1.807, 2.05) is 12.1 Å². The van der Waals surface area contributed by atoms with Crippen LogP contribution in [0.5, 0.6) is 0 Å². The van der Waals surface area contributed by atoms with Crippen molar-refractivity contribution in [2.45, 2.75) is 38.0 Å². The summed E-state index contributed by atoms with van der Waals surface area (Å²) in [5.74, 6) is 0.676. The Labute approximate surface area is 129 Å². The van der Waals surface area contributed by atoms with Crippen molar-refractivity contribution in [2.24, 2.45) is 0 Å². The molecule has 2 unspecified atom stereocenters. The van der Waals surface area contributed by atoms with Crippen LogP contribution in [0, 0.1) is 12.7 Å². The maximum absolute atomic E-state index is 13.3. The molecule has 0 radical (unpaired) electrons. The smallest absolute Gasteiger partial charge is 0.255 e. The molecule has 2 nitrogen and oxygen atoms in total. The summed E-state index contributed by atoms with van der Waals surface area (Å²) in [5, 5.41) is 2.83. The number of aryl methyl sites for hydroxylation is 1. The lowest BCUT2D eigenvalue weighted by molar-refractivity contribution is 0.102. The van der Waals surface area contributed by atoms with Crippen LogP contribution in [0.2, 0.25) is 0 Å². The zero-order chi connectivity index (χ0) is 15.3. The summed E-state index contributed by atoms with van der Waals surface area (Å²) in [6.45, 7) is 2.13. The molecule has 0 aromatic heterocycles. The van der Waals surface area contributed by atoms with Crippen LogP contribution in [-0.2, 0) is 0 Å². The number of nitrogens with one attached hydrogen (secondary N) is 1. The van der Waals surface area contributed by atoms with Gasteiger partial charge in [-0.3, -0.25) is 4.79 Å². The molecular formula is C19H18FNO. The van der Waals surface area contributed by atoms with Crippen LogP contribution in [0.3, 0.4) is 0 Å². The van der Waals surface area contributed by atoms with E-state index >= 15 is 0 Å². The molecule has 112 valence electrons. The van der Waals surface area contributed by atoms with Gasteiger partial charge in [0, 0.05) is 11.3 Å². The summed E-state index contributed by atoms with van der Waals surface area (Å²) in [5.41, 5.74) is 5.19. The lowest BCUT2D eigenvalue weighted by atomic mass is 9.85. The normalized spacial score (nSPS) is 21.7. The van der Waals surface area contributed by atoms with Crippen LogP contribution < -0.4 is 5.32 Å². The molecule has 4 rings (SSSR count). The van der Waals surface area contributed by atoms with Crippen molar-refractivity contribution in [1.29, 1.82) is 0 Å². The number of carbonyl (C=O) groups excluding carboxylic acids is 1. The summed E-state index contributed by atoms with van der Waals surface area (Å²) in [7, 11) is 0. The number of hydrogen-bond donors (Lipinski definition) is 1. The van der Waals surface area contributed by atoms with Crippen molar-refractivity contribution in [1.82, 2.24) is 0 Å². The van der Waals surface area contributed by atoms with Crippen LogP contribution in [0.15, 0.2) is 36.4 Å². The highest BCUT2D eigenvalue weighted by atomic mass is 19.1. The van der Waals surface area contributed by atoms with Crippen molar-refractivity contribution in [3.63, 3.8) is 0 Å². The maximum atomic E-state index is 13.3. The van der Waals surface area contributed by atoms with Crippen molar-refractivity contribution < 1.29 is 9.18 Å². The molecule has 0 spiro atoms. The number of benzene rings is 2. The fraction of sp³-hybridized carbons (Fsp3) is 0.316. The molecule has 1 N–H and O–H groups in total. The topological polar surface area (TPSA) is 29.1 Å². The average Bonchev–Trinajstić information content (AvgIpc) is 3.09. The van der Waals surface area contributed by atoms with E-state index in [0.29, 0.717) is 17.5 Å². The number of halogens is 1. The second-order valence-corrected chi connectivity index (χ2v) is 6.43. The SMILES string of the molecule is Cc1ccc(C(=O)Nc2cccc(F)c2)c2c1C1CCC2C1. The number of hydrogen-bond acceptors (Lipinski definition) is 1. The molecule has 2 aromatic rings. The fourth-order valence-corrected chi connectivity index (χ4v) is 4.20. The molecule has 22 heavy (non-hydrogen) atoms. The zero-order valence-corrected chi connectivity index (χ0v) is 12.5. The number of anilines is 1. The fourth-order valence-electron chi connectivity index (χ4n) is 4.20. The Hall–Kier alpha value is -2.16. The van der Waals surface area contributed by atoms with Gasteiger partial charge < -0.3 is 5.32 Å². The van der Waals surface area contributed by atoms with E-state index in [1.165, 1.54) is 48.1 Å². The molecule has 2 aliphatic rings. The predicted octanol–water partition coefficient (Wildman–Crippen LogP) is 4.75. The van der Waals surface area contributed by atoms with E-state index in [-0.39, 0.29) is 11.7 Å². The number of carbonyl (C=O) groups is 1. The molecule has 1 amide bonds. The Morgan fingerprint density at radius 2 is 1.91 bits per heavy atom. The number of rotatable bonds is 2. The Bertz CT molecular complexity index is 768. The number of amides is 1. The quantitative estimate of drug-likeness (QED) is 0.851. The molecule has 1 saturated carbocycles. The van der Waals surface area contributed by atoms with Gasteiger partial charge >= 0.3 is 0 Å². The first-order valence-corrected chi connectivity index (χ1v) is 7.84. The molecule has 0 heterocycles. The summed E-state index contributed by atoms with van der Waals surface area (Å²) in [6.07, 6.45) is 3.61. The third-order valence-electron chi connectivity index (χ3n) is 5.08. The molecule has 0 aliphatic heterocycles. The van der Waals surface area contributed by atoms with Crippen molar-refractivity contribution in [2.75, 3.05) is 5.32 Å². The minimum atomic E-state index is -0.342. The van der Waals surface area contributed by atoms with E-state index in [4.69, 9.17) is 0 Å². The van der Waals surface area contributed by atoms with Crippen molar-refractivity contribution in [3.05, 3.63) is 64.5 Å². The molecule has 3 heteroatoms. The minimum absolute atomic E-state index is 0.130. The highest BCUT2D eigenvalue weighted by molar-refractivity contribution is 6.06. The Morgan fingerprint density at radius 1 is 1.14 bits per heavy atom. The standard InChI is InChI=1S/C19H18FNO/c1-11-5-8-16(18-13-7-6-12(9-13)17(11)18)19(22)21-15-4-2-3-14(20)10-15/h2-5,8,10,12-13H,6-7,9H2,1H3,(H,21,22). The van der Waals surface area contributed by atoms with Crippen molar-refractivity contribution >= 4 is 11.6 Å². The van der Waals surface area contributed by atoms with E-state index in [9.17, 15) is 9.18 Å². The molecule has 2 bridgehead atoms. The molecule has 0 saturated heterocycles. The molecular weight excluding hydrogens is 277 g/mol. The highest BCUT2D eigenvalue weighted by Gasteiger charge is 2.40. The monoisotopic (exact) mass is 295 g/mol. The van der Waals surface area contributed by atoms with Gasteiger partial charge in [-0.15, -0.1) is 0 Å². The second kappa shape index (κ2) is 4.94. The second-order valence-electron chi connectivity index (χ2n) is 6.43. The van der Waals surface area contributed by atoms with Crippen LogP contribution in [-0.4, -0.2) is 5.91 Å². The Balaban J connectivity index is 1.70. The summed E-state index contributed by atoms with van der Waals surface area (Å²) in [4.78, 5) is 12.6. The van der Waals surface area contributed by atoms with Gasteiger partial charge in [-0.25, -0.2) is 4.39 Å². The van der Waals surface area contributed by atoms with Crippen molar-refractivity contribution in [3.8, 4) is 0 Å². The maximum Gasteiger partial charge on any atom is 0.255 e. The predicted molar refractivity (Wildman–Crippen MR) is 84.9 cm³/mol. The van der Waals surface area contributed by atoms with Crippen LogP contribution in [0.1, 0.15) is 58.1 Å². The van der Waals surface area contributed by atoms with Crippen LogP contribution in [0.4, 0.5) is 10.1 Å². The molecule has 1 fully saturated rings. The summed E-state index contributed by atoms with van der Waals surface area (Å²) < 4.78 is 13.3. The molecule has 2 aromatic carbocycles. The van der Waals surface area contributed by atoms with Gasteiger partial charge in [-0.2, -0.15) is 0 Å². The first-order chi connectivity index (χ1) is 10.6. The zero-order valence-electron chi connectivity index (χ0n) is 12.5. The van der Waals surface area contributed by atoms with E-state index in [1.54, 1.807) is 12.1 Å². The van der Waals surface area contributed by atoms with Gasteiger partial charge in [-0.05, 0) is 79.0 Å². The lowest BCUT2D eigenvalue weighted by Gasteiger charge is -2.20. The van der Waals surface area contributed by atoms with E-state index in [0.717, 1.165) is 5.56 Å². The van der Waals surface area contributed by atoms with Gasteiger partial charge in [0.05, 0.1) is 0 Å². The third-order valence-corrected chi connectivity index (χ3v) is 5.08. The van der Waals surface area contributed by atoms with E-state index < -0.39 is 0 Å². The van der Waals surface area contributed by atoms with Gasteiger partial charge in [0.15, 0.2) is 0 Å². The summed E-state index contributed by atoms with van der Waals surface area (Å²) >= 11 is 0. The Morgan fingerprint density at radius 3 is 2.68 bits per heavy atom. The van der Waals surface area contributed by atoms with Crippen LogP contribution in [0.25, 0.3) is 0 Å². The van der Waals surface area contributed by atoms with Crippen LogP contribution >= 0.6 is 0 Å². The first kappa shape index (κ1) is 13.5. The van der Waals surface area contributed by atoms with Gasteiger partial charge in [0.2, 0.25) is 0 Å². The minimum Gasteiger partial charge on any atom is -0.322 e. The first-order valence-electron chi connectivity index (χ1n) is 7.84. The number of fused-ring (bicyclic) bond motifs is 5. The average molecular weight is 295 g/mol. The van der Waals surface area contributed by atoms with Gasteiger partial charge in [0.25, 0.3) is 5.91 Å². The highest BCUT2D eigenvalue weighted by Crippen LogP contribution is 2.55.